The normalized spacial score (nSPS) is 10.1. The molecule has 2 aromatic rings. The number of benzene rings is 1. The summed E-state index contributed by atoms with van der Waals surface area (Å²) >= 11 is 1.53. The number of hydrogen-bond donors (Lipinski definition) is 2. The molecule has 0 spiro atoms. The van der Waals surface area contributed by atoms with Gasteiger partial charge in [-0.1, -0.05) is 0 Å². The van der Waals surface area contributed by atoms with Crippen LogP contribution in [0.3, 0.4) is 0 Å². The van der Waals surface area contributed by atoms with Gasteiger partial charge in [0.1, 0.15) is 5.75 Å². The van der Waals surface area contributed by atoms with E-state index in [9.17, 15) is 4.79 Å². The highest BCUT2D eigenvalue weighted by molar-refractivity contribution is 7.07. The van der Waals surface area contributed by atoms with Crippen LogP contribution in [0.25, 0.3) is 11.3 Å². The molecule has 0 atom stereocenters. The van der Waals surface area contributed by atoms with Crippen LogP contribution in [0.4, 0.5) is 5.69 Å². The maximum Gasteiger partial charge on any atom is 0.257 e. The molecule has 18 heavy (non-hydrogen) atoms. The molecule has 6 heteroatoms. The molecule has 5 nitrogen and oxygen atoms in total. The van der Waals surface area contributed by atoms with Crippen LogP contribution in [0, 0.1) is 0 Å². The van der Waals surface area contributed by atoms with Gasteiger partial charge in [0.2, 0.25) is 0 Å². The fourth-order valence-electron chi connectivity index (χ4n) is 1.41. The Hall–Kier alpha value is -2.08. The summed E-state index contributed by atoms with van der Waals surface area (Å²) < 4.78 is 5.31. The number of rotatable bonds is 4. The van der Waals surface area contributed by atoms with Crippen LogP contribution < -0.4 is 15.8 Å². The minimum absolute atomic E-state index is 0.0449. The van der Waals surface area contributed by atoms with E-state index in [1.165, 1.54) is 11.3 Å². The van der Waals surface area contributed by atoms with Crippen molar-refractivity contribution in [2.75, 3.05) is 19.4 Å². The molecule has 2 rings (SSSR count). The Labute approximate surface area is 109 Å². The number of nitrogens with zero attached hydrogens (tertiary/aromatic N) is 1. The topological polar surface area (TPSA) is 77.2 Å². The van der Waals surface area contributed by atoms with Crippen LogP contribution in [0.5, 0.6) is 5.75 Å². The number of amides is 1. The van der Waals surface area contributed by atoms with Gasteiger partial charge in [0, 0.05) is 18.0 Å². The summed E-state index contributed by atoms with van der Waals surface area (Å²) in [5.41, 5.74) is 9.94. The van der Waals surface area contributed by atoms with Gasteiger partial charge in [0.05, 0.1) is 16.9 Å². The van der Waals surface area contributed by atoms with Crippen molar-refractivity contribution in [3.63, 3.8) is 0 Å². The fourth-order valence-corrected chi connectivity index (χ4v) is 1.97. The molecule has 0 saturated heterocycles. The van der Waals surface area contributed by atoms with Crippen LogP contribution in [-0.2, 0) is 4.79 Å². The summed E-state index contributed by atoms with van der Waals surface area (Å²) in [6.45, 7) is -0.0449. The molecular formula is C12H13N3O2S. The summed E-state index contributed by atoms with van der Waals surface area (Å²) in [6, 6.07) is 5.39. The number of carbonyl (C=O) groups is 1. The third-order valence-electron chi connectivity index (χ3n) is 2.38. The van der Waals surface area contributed by atoms with Gasteiger partial charge in [0.15, 0.2) is 6.61 Å². The van der Waals surface area contributed by atoms with E-state index in [1.807, 2.05) is 11.4 Å². The van der Waals surface area contributed by atoms with Crippen molar-refractivity contribution in [3.05, 3.63) is 29.1 Å². The molecule has 0 saturated carbocycles. The summed E-state index contributed by atoms with van der Waals surface area (Å²) in [7, 11) is 1.56. The quantitative estimate of drug-likeness (QED) is 0.820. The van der Waals surface area contributed by atoms with Crippen LogP contribution in [-0.4, -0.2) is 24.5 Å². The van der Waals surface area contributed by atoms with Gasteiger partial charge >= 0.3 is 0 Å². The van der Waals surface area contributed by atoms with E-state index in [0.717, 1.165) is 11.3 Å². The van der Waals surface area contributed by atoms with E-state index in [2.05, 4.69) is 10.3 Å². The summed E-state index contributed by atoms with van der Waals surface area (Å²) in [5, 5.41) is 4.42. The highest BCUT2D eigenvalue weighted by Gasteiger charge is 2.06. The molecule has 94 valence electrons. The van der Waals surface area contributed by atoms with Crippen molar-refractivity contribution in [2.24, 2.45) is 0 Å². The molecular weight excluding hydrogens is 250 g/mol. The van der Waals surface area contributed by atoms with Crippen molar-refractivity contribution < 1.29 is 9.53 Å². The number of nitrogen functional groups attached to an aromatic ring is 1. The molecule has 1 amide bonds. The Kier molecular flexibility index (Phi) is 3.78. The highest BCUT2D eigenvalue weighted by Crippen LogP contribution is 2.28. The van der Waals surface area contributed by atoms with Crippen LogP contribution in [0.15, 0.2) is 29.1 Å². The zero-order chi connectivity index (χ0) is 13.0. The number of nitrogens with two attached hydrogens (primary N) is 1. The van der Waals surface area contributed by atoms with Gasteiger partial charge in [-0.3, -0.25) is 4.79 Å². The lowest BCUT2D eigenvalue weighted by Gasteiger charge is -2.09. The Balaban J connectivity index is 2.13. The maximum absolute atomic E-state index is 11.1. The Bertz CT molecular complexity index is 540. The first-order chi connectivity index (χ1) is 8.70. The average Bonchev–Trinajstić information content (AvgIpc) is 2.90. The number of aromatic nitrogens is 1. The summed E-state index contributed by atoms with van der Waals surface area (Å²) in [4.78, 5) is 15.3. The molecule has 1 heterocycles. The van der Waals surface area contributed by atoms with E-state index >= 15 is 0 Å². The van der Waals surface area contributed by atoms with E-state index in [1.54, 1.807) is 24.7 Å². The second kappa shape index (κ2) is 5.50. The Morgan fingerprint density at radius 2 is 2.39 bits per heavy atom. The van der Waals surface area contributed by atoms with Gasteiger partial charge in [-0.05, 0) is 18.2 Å². The summed E-state index contributed by atoms with van der Waals surface area (Å²) in [5.74, 6) is 0.301. The number of hydrogen-bond acceptors (Lipinski definition) is 5. The van der Waals surface area contributed by atoms with Crippen molar-refractivity contribution in [1.29, 1.82) is 0 Å². The van der Waals surface area contributed by atoms with Crippen molar-refractivity contribution in [2.45, 2.75) is 0 Å². The first kappa shape index (κ1) is 12.4. The van der Waals surface area contributed by atoms with Gasteiger partial charge in [0.25, 0.3) is 5.91 Å². The number of anilines is 1. The summed E-state index contributed by atoms with van der Waals surface area (Å²) in [6.07, 6.45) is 0. The number of carbonyl (C=O) groups excluding carboxylic acids is 1. The predicted octanol–water partition coefficient (Wildman–Crippen LogP) is 1.52. The van der Waals surface area contributed by atoms with Gasteiger partial charge < -0.3 is 15.8 Å². The number of thiazole rings is 1. The second-order valence-corrected chi connectivity index (χ2v) is 4.31. The van der Waals surface area contributed by atoms with Crippen molar-refractivity contribution in [3.8, 4) is 17.0 Å². The second-order valence-electron chi connectivity index (χ2n) is 3.59. The monoisotopic (exact) mass is 263 g/mol. The first-order valence-corrected chi connectivity index (χ1v) is 6.26. The number of ether oxygens (including phenoxy) is 1. The zero-order valence-corrected chi connectivity index (χ0v) is 10.7. The molecule has 0 radical (unpaired) electrons. The molecule has 0 aliphatic heterocycles. The largest absolute Gasteiger partial charge is 0.482 e. The SMILES string of the molecule is CNC(=O)COc1ccc(-c2cscn2)cc1N. The molecule has 0 fully saturated rings. The highest BCUT2D eigenvalue weighted by atomic mass is 32.1. The third-order valence-corrected chi connectivity index (χ3v) is 2.96. The average molecular weight is 263 g/mol. The van der Waals surface area contributed by atoms with E-state index in [4.69, 9.17) is 10.5 Å². The van der Waals surface area contributed by atoms with Gasteiger partial charge in [-0.25, -0.2) is 4.98 Å². The molecule has 0 aliphatic rings. The van der Waals surface area contributed by atoms with Crippen LogP contribution in [0.1, 0.15) is 0 Å². The predicted molar refractivity (Wildman–Crippen MR) is 71.5 cm³/mol. The Morgan fingerprint density at radius 3 is 3.00 bits per heavy atom. The minimum atomic E-state index is -0.196. The lowest BCUT2D eigenvalue weighted by atomic mass is 10.1. The smallest absolute Gasteiger partial charge is 0.257 e. The van der Waals surface area contributed by atoms with E-state index in [-0.39, 0.29) is 12.5 Å². The lowest BCUT2D eigenvalue weighted by Crippen LogP contribution is -2.25. The number of nitrogens with one attached hydrogen (secondary N) is 1. The van der Waals surface area contributed by atoms with Crippen molar-refractivity contribution in [1.82, 2.24) is 10.3 Å². The molecule has 1 aromatic carbocycles. The van der Waals surface area contributed by atoms with Crippen LogP contribution in [0.2, 0.25) is 0 Å². The zero-order valence-electron chi connectivity index (χ0n) is 9.84. The molecule has 0 bridgehead atoms. The lowest BCUT2D eigenvalue weighted by molar-refractivity contribution is -0.122. The first-order valence-electron chi connectivity index (χ1n) is 5.32. The standard InChI is InChI=1S/C12H13N3O2S/c1-14-12(16)5-17-11-3-2-8(4-9(11)13)10-6-18-7-15-10/h2-4,6-7H,5,13H2,1H3,(H,14,16). The van der Waals surface area contributed by atoms with E-state index < -0.39 is 0 Å². The number of likely N-dealkylation sites (N-methyl/N-ethyl adjacent to an activating group) is 1. The molecule has 0 unspecified atom stereocenters. The molecule has 0 aliphatic carbocycles. The minimum Gasteiger partial charge on any atom is -0.482 e. The van der Waals surface area contributed by atoms with E-state index in [0.29, 0.717) is 11.4 Å². The maximum atomic E-state index is 11.1. The molecule has 3 N–H and O–H groups in total. The van der Waals surface area contributed by atoms with Crippen LogP contribution >= 0.6 is 11.3 Å². The molecule has 1 aromatic heterocycles. The van der Waals surface area contributed by atoms with Crippen molar-refractivity contribution >= 4 is 22.9 Å². The van der Waals surface area contributed by atoms with Gasteiger partial charge in [-0.2, -0.15) is 0 Å². The van der Waals surface area contributed by atoms with Gasteiger partial charge in [-0.15, -0.1) is 11.3 Å². The third kappa shape index (κ3) is 2.78. The fraction of sp³-hybridized carbons (Fsp3) is 0.167. The Morgan fingerprint density at radius 1 is 1.56 bits per heavy atom.